The van der Waals surface area contributed by atoms with E-state index in [4.69, 9.17) is 9.47 Å². The Labute approximate surface area is 201 Å². The number of carbonyl (C=O) groups excluding carboxylic acids is 2. The van der Waals surface area contributed by atoms with E-state index in [1.54, 1.807) is 29.2 Å². The second-order valence-corrected chi connectivity index (χ2v) is 8.88. The maximum Gasteiger partial charge on any atom is 0.295 e. The van der Waals surface area contributed by atoms with Gasteiger partial charge in [-0.3, -0.25) is 14.5 Å². The van der Waals surface area contributed by atoms with Crippen molar-refractivity contribution in [2.75, 3.05) is 46.0 Å². The van der Waals surface area contributed by atoms with E-state index < -0.39 is 17.7 Å². The number of morpholine rings is 1. The maximum atomic E-state index is 13.2. The summed E-state index contributed by atoms with van der Waals surface area (Å²) in [6, 6.07) is 13.7. The third kappa shape index (κ3) is 5.13. The molecule has 1 unspecified atom stereocenters. The molecule has 8 heteroatoms. The Kier molecular flexibility index (Phi) is 7.47. The number of amides is 1. The van der Waals surface area contributed by atoms with Gasteiger partial charge < -0.3 is 19.5 Å². The van der Waals surface area contributed by atoms with E-state index in [1.165, 1.54) is 0 Å². The van der Waals surface area contributed by atoms with Crippen LogP contribution >= 0.6 is 15.9 Å². The standard InChI is InChI=1S/C25H27BrN2O5/c1-2-33-20-8-4-6-18(16-20)23(29)21-22(17-5-3-7-19(26)15-17)28(25(31)24(21)30)10-9-27-11-13-32-14-12-27/h3-8,15-16,22,29H,2,9-14H2,1H3/b23-21+. The zero-order valence-corrected chi connectivity index (χ0v) is 20.1. The van der Waals surface area contributed by atoms with Crippen molar-refractivity contribution in [3.8, 4) is 5.75 Å². The van der Waals surface area contributed by atoms with Gasteiger partial charge in [-0.1, -0.05) is 40.2 Å². The van der Waals surface area contributed by atoms with Crippen LogP contribution in [0.3, 0.4) is 0 Å². The Morgan fingerprint density at radius 3 is 2.61 bits per heavy atom. The fraction of sp³-hybridized carbons (Fsp3) is 0.360. The summed E-state index contributed by atoms with van der Waals surface area (Å²) < 4.78 is 11.8. The molecule has 0 bridgehead atoms. The summed E-state index contributed by atoms with van der Waals surface area (Å²) in [7, 11) is 0. The van der Waals surface area contributed by atoms with E-state index in [1.807, 2.05) is 31.2 Å². The van der Waals surface area contributed by atoms with Gasteiger partial charge in [0.2, 0.25) is 0 Å². The number of halogens is 1. The SMILES string of the molecule is CCOc1cccc(/C(O)=C2\C(=O)C(=O)N(CCN3CCOCC3)C2c2cccc(Br)c2)c1. The van der Waals surface area contributed by atoms with Crippen molar-refractivity contribution in [3.05, 3.63) is 69.7 Å². The van der Waals surface area contributed by atoms with Crippen LogP contribution in [0.15, 0.2) is 58.6 Å². The lowest BCUT2D eigenvalue weighted by Crippen LogP contribution is -2.42. The molecule has 2 aromatic rings. The highest BCUT2D eigenvalue weighted by molar-refractivity contribution is 9.10. The van der Waals surface area contributed by atoms with E-state index in [0.29, 0.717) is 44.2 Å². The van der Waals surface area contributed by atoms with Crippen LogP contribution in [0.1, 0.15) is 24.1 Å². The van der Waals surface area contributed by atoms with Crippen LogP contribution in [-0.2, 0) is 14.3 Å². The second-order valence-electron chi connectivity index (χ2n) is 7.96. The van der Waals surface area contributed by atoms with Gasteiger partial charge in [-0.25, -0.2) is 0 Å². The number of hydrogen-bond donors (Lipinski definition) is 1. The minimum Gasteiger partial charge on any atom is -0.507 e. The predicted octanol–water partition coefficient (Wildman–Crippen LogP) is 3.60. The summed E-state index contributed by atoms with van der Waals surface area (Å²) in [4.78, 5) is 30.1. The van der Waals surface area contributed by atoms with Crippen LogP contribution in [0.4, 0.5) is 0 Å². The monoisotopic (exact) mass is 514 g/mol. The second kappa shape index (κ2) is 10.5. The molecule has 2 aliphatic heterocycles. The Morgan fingerprint density at radius 1 is 1.12 bits per heavy atom. The number of rotatable bonds is 7. The first-order valence-corrected chi connectivity index (χ1v) is 11.9. The highest BCUT2D eigenvalue weighted by Crippen LogP contribution is 2.40. The molecular formula is C25H27BrN2O5. The van der Waals surface area contributed by atoms with Gasteiger partial charge in [0.1, 0.15) is 11.5 Å². The number of ether oxygens (including phenoxy) is 2. The summed E-state index contributed by atoms with van der Waals surface area (Å²) in [5.74, 6) is -0.895. The summed E-state index contributed by atoms with van der Waals surface area (Å²) in [6.07, 6.45) is 0. The van der Waals surface area contributed by atoms with Gasteiger partial charge in [-0.15, -0.1) is 0 Å². The topological polar surface area (TPSA) is 79.3 Å². The Bertz CT molecular complexity index is 1060. The fourth-order valence-electron chi connectivity index (χ4n) is 4.26. The molecule has 174 valence electrons. The van der Waals surface area contributed by atoms with E-state index in [9.17, 15) is 14.7 Å². The van der Waals surface area contributed by atoms with Crippen molar-refractivity contribution < 1.29 is 24.2 Å². The van der Waals surface area contributed by atoms with Crippen molar-refractivity contribution in [3.63, 3.8) is 0 Å². The molecule has 1 atom stereocenters. The lowest BCUT2D eigenvalue weighted by molar-refractivity contribution is -0.140. The molecule has 0 aromatic heterocycles. The van der Waals surface area contributed by atoms with Crippen LogP contribution in [0.2, 0.25) is 0 Å². The Morgan fingerprint density at radius 2 is 1.88 bits per heavy atom. The predicted molar refractivity (Wildman–Crippen MR) is 128 cm³/mol. The molecule has 2 saturated heterocycles. The smallest absolute Gasteiger partial charge is 0.295 e. The van der Waals surface area contributed by atoms with Crippen molar-refractivity contribution in [2.24, 2.45) is 0 Å². The van der Waals surface area contributed by atoms with Gasteiger partial charge in [0.15, 0.2) is 0 Å². The quantitative estimate of drug-likeness (QED) is 0.345. The number of carbonyl (C=O) groups is 2. The molecule has 33 heavy (non-hydrogen) atoms. The highest BCUT2D eigenvalue weighted by atomic mass is 79.9. The molecular weight excluding hydrogens is 488 g/mol. The number of benzene rings is 2. The first-order chi connectivity index (χ1) is 16.0. The van der Waals surface area contributed by atoms with Gasteiger partial charge in [0.05, 0.1) is 31.4 Å². The normalized spacial score (nSPS) is 20.9. The van der Waals surface area contributed by atoms with Gasteiger partial charge in [-0.05, 0) is 36.8 Å². The van der Waals surface area contributed by atoms with Gasteiger partial charge in [0, 0.05) is 36.2 Å². The lowest BCUT2D eigenvalue weighted by Gasteiger charge is -2.31. The van der Waals surface area contributed by atoms with Crippen molar-refractivity contribution in [1.82, 2.24) is 9.80 Å². The van der Waals surface area contributed by atoms with Crippen LogP contribution in [0, 0.1) is 0 Å². The molecule has 2 heterocycles. The van der Waals surface area contributed by atoms with Crippen LogP contribution in [0.5, 0.6) is 5.75 Å². The van der Waals surface area contributed by atoms with Gasteiger partial charge in [0.25, 0.3) is 11.7 Å². The molecule has 0 saturated carbocycles. The van der Waals surface area contributed by atoms with Crippen molar-refractivity contribution in [2.45, 2.75) is 13.0 Å². The molecule has 2 fully saturated rings. The van der Waals surface area contributed by atoms with Crippen molar-refractivity contribution >= 4 is 33.4 Å². The summed E-state index contributed by atoms with van der Waals surface area (Å²) in [5, 5.41) is 11.2. The largest absolute Gasteiger partial charge is 0.507 e. The minimum absolute atomic E-state index is 0.0914. The van der Waals surface area contributed by atoms with E-state index in [-0.39, 0.29) is 11.3 Å². The average Bonchev–Trinajstić information content (AvgIpc) is 3.08. The van der Waals surface area contributed by atoms with Gasteiger partial charge in [-0.2, -0.15) is 0 Å². The molecule has 1 amide bonds. The molecule has 1 N–H and O–H groups in total. The van der Waals surface area contributed by atoms with E-state index in [2.05, 4.69) is 20.8 Å². The number of hydrogen-bond acceptors (Lipinski definition) is 6. The number of aliphatic hydroxyl groups is 1. The van der Waals surface area contributed by atoms with Crippen molar-refractivity contribution in [1.29, 1.82) is 0 Å². The van der Waals surface area contributed by atoms with Crippen LogP contribution in [-0.4, -0.2) is 72.6 Å². The first-order valence-electron chi connectivity index (χ1n) is 11.1. The number of Topliss-reactive ketones (excluding diaryl/α,β-unsaturated/α-hetero) is 1. The molecule has 4 rings (SSSR count). The van der Waals surface area contributed by atoms with E-state index in [0.717, 1.165) is 23.1 Å². The Balaban J connectivity index is 1.74. The lowest BCUT2D eigenvalue weighted by atomic mass is 9.95. The molecule has 0 spiro atoms. The molecule has 7 nitrogen and oxygen atoms in total. The number of likely N-dealkylation sites (tertiary alicyclic amines) is 1. The fourth-order valence-corrected chi connectivity index (χ4v) is 4.68. The number of aliphatic hydroxyl groups excluding tert-OH is 1. The summed E-state index contributed by atoms with van der Waals surface area (Å²) in [5.41, 5.74) is 1.29. The van der Waals surface area contributed by atoms with Gasteiger partial charge >= 0.3 is 0 Å². The molecule has 2 aliphatic rings. The third-order valence-electron chi connectivity index (χ3n) is 5.88. The minimum atomic E-state index is -0.681. The Hall–Kier alpha value is -2.68. The van der Waals surface area contributed by atoms with E-state index >= 15 is 0 Å². The van der Waals surface area contributed by atoms with Crippen LogP contribution < -0.4 is 4.74 Å². The molecule has 2 aromatic carbocycles. The molecule has 0 aliphatic carbocycles. The maximum absolute atomic E-state index is 13.2. The number of nitrogens with zero attached hydrogens (tertiary/aromatic N) is 2. The summed E-state index contributed by atoms with van der Waals surface area (Å²) >= 11 is 3.48. The van der Waals surface area contributed by atoms with Crippen LogP contribution in [0.25, 0.3) is 5.76 Å². The molecule has 0 radical (unpaired) electrons. The zero-order chi connectivity index (χ0) is 23.4. The zero-order valence-electron chi connectivity index (χ0n) is 18.5. The highest BCUT2D eigenvalue weighted by Gasteiger charge is 2.46. The number of ketones is 1. The average molecular weight is 515 g/mol. The first kappa shape index (κ1) is 23.5. The third-order valence-corrected chi connectivity index (χ3v) is 6.38. The summed E-state index contributed by atoms with van der Waals surface area (Å²) in [6.45, 7) is 6.24.